The van der Waals surface area contributed by atoms with Gasteiger partial charge in [0.25, 0.3) is 5.78 Å². The summed E-state index contributed by atoms with van der Waals surface area (Å²) in [6.45, 7) is 7.17. The molecule has 1 atom stereocenters. The van der Waals surface area contributed by atoms with Crippen LogP contribution in [0.2, 0.25) is 0 Å². The lowest BCUT2D eigenvalue weighted by Crippen LogP contribution is -2.29. The van der Waals surface area contributed by atoms with E-state index >= 15 is 0 Å². The largest absolute Gasteiger partial charge is 0.507 e. The zero-order chi connectivity index (χ0) is 30.7. The minimum Gasteiger partial charge on any atom is -0.507 e. The monoisotopic (exact) mass is 602 g/mol. The van der Waals surface area contributed by atoms with Crippen molar-refractivity contribution in [3.05, 3.63) is 77.4 Å². The van der Waals surface area contributed by atoms with Crippen LogP contribution in [0.1, 0.15) is 44.4 Å². The Hall–Kier alpha value is -4.57. The topological polar surface area (TPSA) is 107 Å². The summed E-state index contributed by atoms with van der Waals surface area (Å²) in [7, 11) is 3.07. The summed E-state index contributed by atoms with van der Waals surface area (Å²) in [5.41, 5.74) is 1.53. The maximum absolute atomic E-state index is 13.7. The SMILES string of the molecule is CCOc1ccc2nc(N3C(=O)C(=O)C(=C(O)c4ccc(OC)cc4)C3c3ccc(OCCC(C)C)c(OC)c3)sc2c1. The summed E-state index contributed by atoms with van der Waals surface area (Å²) in [4.78, 5) is 33.4. The molecule has 1 unspecified atom stereocenters. The third-order valence-electron chi connectivity index (χ3n) is 7.13. The van der Waals surface area contributed by atoms with E-state index in [2.05, 4.69) is 13.8 Å². The molecule has 1 aliphatic heterocycles. The summed E-state index contributed by atoms with van der Waals surface area (Å²) in [5.74, 6) is 0.827. The number of ketones is 1. The molecule has 0 radical (unpaired) electrons. The van der Waals surface area contributed by atoms with Gasteiger partial charge < -0.3 is 24.1 Å². The lowest BCUT2D eigenvalue weighted by atomic mass is 9.95. The van der Waals surface area contributed by atoms with Crippen LogP contribution in [0.25, 0.3) is 16.0 Å². The number of benzene rings is 3. The van der Waals surface area contributed by atoms with E-state index in [1.807, 2.05) is 25.1 Å². The number of rotatable bonds is 11. The highest BCUT2D eigenvalue weighted by Gasteiger charge is 2.48. The van der Waals surface area contributed by atoms with Gasteiger partial charge in [0, 0.05) is 5.56 Å². The van der Waals surface area contributed by atoms with Crippen LogP contribution in [0.4, 0.5) is 5.13 Å². The number of carbonyl (C=O) groups excluding carboxylic acids is 2. The van der Waals surface area contributed by atoms with Gasteiger partial charge in [-0.05, 0) is 79.4 Å². The lowest BCUT2D eigenvalue weighted by Gasteiger charge is -2.24. The van der Waals surface area contributed by atoms with Crippen LogP contribution in [0.15, 0.2) is 66.2 Å². The molecule has 1 fully saturated rings. The minimum absolute atomic E-state index is 0.0556. The summed E-state index contributed by atoms with van der Waals surface area (Å²) >= 11 is 1.27. The van der Waals surface area contributed by atoms with E-state index in [4.69, 9.17) is 23.9 Å². The van der Waals surface area contributed by atoms with Crippen LogP contribution in [0.5, 0.6) is 23.0 Å². The molecule has 3 aromatic carbocycles. The normalized spacial score (nSPS) is 16.2. The van der Waals surface area contributed by atoms with Gasteiger partial charge in [0.1, 0.15) is 17.3 Å². The summed E-state index contributed by atoms with van der Waals surface area (Å²) in [6.07, 6.45) is 0.871. The summed E-state index contributed by atoms with van der Waals surface area (Å²) in [5, 5.41) is 11.8. The Morgan fingerprint density at radius 1 is 0.953 bits per heavy atom. The number of carbonyl (C=O) groups is 2. The highest BCUT2D eigenvalue weighted by molar-refractivity contribution is 7.22. The van der Waals surface area contributed by atoms with Gasteiger partial charge >= 0.3 is 5.91 Å². The van der Waals surface area contributed by atoms with Crippen molar-refractivity contribution in [2.24, 2.45) is 5.92 Å². The number of amides is 1. The first-order valence-corrected chi connectivity index (χ1v) is 14.9. The predicted octanol–water partition coefficient (Wildman–Crippen LogP) is 6.76. The second-order valence-electron chi connectivity index (χ2n) is 10.4. The summed E-state index contributed by atoms with van der Waals surface area (Å²) in [6, 6.07) is 16.4. The predicted molar refractivity (Wildman–Crippen MR) is 167 cm³/mol. The van der Waals surface area contributed by atoms with Gasteiger partial charge in [-0.3, -0.25) is 14.5 Å². The second kappa shape index (κ2) is 12.7. The highest BCUT2D eigenvalue weighted by Crippen LogP contribution is 2.46. The molecular weight excluding hydrogens is 568 g/mol. The Morgan fingerprint density at radius 2 is 1.70 bits per heavy atom. The average Bonchev–Trinajstić information content (AvgIpc) is 3.54. The smallest absolute Gasteiger partial charge is 0.301 e. The third-order valence-corrected chi connectivity index (χ3v) is 8.15. The van der Waals surface area contributed by atoms with Crippen LogP contribution >= 0.6 is 11.3 Å². The van der Waals surface area contributed by atoms with E-state index < -0.39 is 17.7 Å². The first kappa shape index (κ1) is 29.9. The van der Waals surface area contributed by atoms with Crippen molar-refractivity contribution >= 4 is 44.1 Å². The molecule has 1 aromatic heterocycles. The molecule has 2 heterocycles. The molecule has 0 aliphatic carbocycles. The quantitative estimate of drug-likeness (QED) is 0.114. The van der Waals surface area contributed by atoms with Gasteiger partial charge in [-0.25, -0.2) is 4.98 Å². The Labute approximate surface area is 254 Å². The first-order valence-electron chi connectivity index (χ1n) is 14.0. The maximum atomic E-state index is 13.7. The van der Waals surface area contributed by atoms with Crippen molar-refractivity contribution in [1.82, 2.24) is 4.98 Å². The van der Waals surface area contributed by atoms with Crippen molar-refractivity contribution < 1.29 is 33.6 Å². The number of aliphatic hydroxyl groups is 1. The Bertz CT molecular complexity index is 1680. The number of methoxy groups -OCH3 is 2. The van der Waals surface area contributed by atoms with E-state index in [1.165, 1.54) is 23.3 Å². The molecule has 224 valence electrons. The minimum atomic E-state index is -0.979. The fourth-order valence-corrected chi connectivity index (χ4v) is 5.90. The number of hydrogen-bond acceptors (Lipinski definition) is 9. The van der Waals surface area contributed by atoms with Gasteiger partial charge in [-0.1, -0.05) is 31.3 Å². The number of aliphatic hydroxyl groups excluding tert-OH is 1. The van der Waals surface area contributed by atoms with Crippen LogP contribution in [-0.4, -0.2) is 49.2 Å². The number of hydrogen-bond donors (Lipinski definition) is 1. The molecule has 9 nitrogen and oxygen atoms in total. The van der Waals surface area contributed by atoms with Gasteiger partial charge in [-0.2, -0.15) is 0 Å². The second-order valence-corrected chi connectivity index (χ2v) is 11.4. The molecule has 4 aromatic rings. The van der Waals surface area contributed by atoms with Gasteiger partial charge in [0.15, 0.2) is 16.6 Å². The zero-order valence-corrected chi connectivity index (χ0v) is 25.6. The maximum Gasteiger partial charge on any atom is 0.301 e. The number of anilines is 1. The van der Waals surface area contributed by atoms with Crippen LogP contribution < -0.4 is 23.8 Å². The highest BCUT2D eigenvalue weighted by atomic mass is 32.1. The van der Waals surface area contributed by atoms with Crippen LogP contribution in [0, 0.1) is 5.92 Å². The number of Topliss-reactive ketones (excluding diaryl/α,β-unsaturated/α-hetero) is 1. The number of fused-ring (bicyclic) bond motifs is 1. The van der Waals surface area contributed by atoms with Crippen molar-refractivity contribution in [3.8, 4) is 23.0 Å². The molecule has 1 saturated heterocycles. The van der Waals surface area contributed by atoms with E-state index in [1.54, 1.807) is 49.6 Å². The van der Waals surface area contributed by atoms with E-state index in [9.17, 15) is 14.7 Å². The molecule has 1 N–H and O–H groups in total. The van der Waals surface area contributed by atoms with Crippen molar-refractivity contribution in [3.63, 3.8) is 0 Å². The lowest BCUT2D eigenvalue weighted by molar-refractivity contribution is -0.132. The Balaban J connectivity index is 1.65. The molecule has 0 spiro atoms. The molecule has 0 bridgehead atoms. The Morgan fingerprint density at radius 3 is 2.37 bits per heavy atom. The third kappa shape index (κ3) is 6.01. The number of ether oxygens (including phenoxy) is 4. The Kier molecular flexibility index (Phi) is 8.86. The first-order chi connectivity index (χ1) is 20.7. The molecule has 5 rings (SSSR count). The molecular formula is C33H34N2O7S. The zero-order valence-electron chi connectivity index (χ0n) is 24.7. The van der Waals surface area contributed by atoms with Crippen molar-refractivity contribution in [2.75, 3.05) is 32.3 Å². The van der Waals surface area contributed by atoms with Crippen molar-refractivity contribution in [1.29, 1.82) is 0 Å². The number of thiazole rings is 1. The average molecular weight is 603 g/mol. The number of nitrogens with zero attached hydrogens (tertiary/aromatic N) is 2. The van der Waals surface area contributed by atoms with E-state index in [-0.39, 0.29) is 11.3 Å². The van der Waals surface area contributed by atoms with Gasteiger partial charge in [0.2, 0.25) is 0 Å². The van der Waals surface area contributed by atoms with Gasteiger partial charge in [0.05, 0.1) is 49.3 Å². The molecule has 1 amide bonds. The van der Waals surface area contributed by atoms with Crippen LogP contribution in [-0.2, 0) is 9.59 Å². The fourth-order valence-electron chi connectivity index (χ4n) is 4.88. The molecule has 1 aliphatic rings. The molecule has 43 heavy (non-hydrogen) atoms. The summed E-state index contributed by atoms with van der Waals surface area (Å²) < 4.78 is 23.3. The van der Waals surface area contributed by atoms with Crippen molar-refractivity contribution in [2.45, 2.75) is 33.2 Å². The fraction of sp³-hybridized carbons (Fsp3) is 0.303. The van der Waals surface area contributed by atoms with E-state index in [0.29, 0.717) is 63.9 Å². The van der Waals surface area contributed by atoms with E-state index in [0.717, 1.165) is 11.1 Å². The molecule has 10 heteroatoms. The van der Waals surface area contributed by atoms with Gasteiger partial charge in [-0.15, -0.1) is 0 Å². The standard InChI is InChI=1S/C33H34N2O7S/c1-6-41-23-12-13-24-27(18-23)43-33(34-24)35-29(21-9-14-25(26(17-21)40-5)42-16-15-19(2)3)28(31(37)32(35)38)30(36)20-7-10-22(39-4)11-8-20/h7-14,17-19,29,36H,6,15-16H2,1-5H3. The number of aromatic nitrogens is 1. The van der Waals surface area contributed by atoms with Crippen LogP contribution in [0.3, 0.4) is 0 Å². The molecule has 0 saturated carbocycles.